The summed E-state index contributed by atoms with van der Waals surface area (Å²) >= 11 is 0. The molecule has 20 heavy (non-hydrogen) atoms. The Hall–Kier alpha value is -2.11. The second-order valence-electron chi connectivity index (χ2n) is 4.68. The Kier molecular flexibility index (Phi) is 4.55. The van der Waals surface area contributed by atoms with Gasteiger partial charge in [0.25, 0.3) is 5.91 Å². The van der Waals surface area contributed by atoms with Crippen molar-refractivity contribution in [1.82, 2.24) is 9.80 Å². The molecular formula is C14H17FN2O3. The first-order chi connectivity index (χ1) is 9.60. The average molecular weight is 280 g/mol. The number of piperazine rings is 1. The van der Waals surface area contributed by atoms with Crippen LogP contribution in [0.2, 0.25) is 0 Å². The quantitative estimate of drug-likeness (QED) is 0.770. The van der Waals surface area contributed by atoms with Crippen molar-refractivity contribution in [2.45, 2.75) is 13.0 Å². The molecule has 1 aromatic carbocycles. The van der Waals surface area contributed by atoms with Crippen molar-refractivity contribution in [2.24, 2.45) is 0 Å². The normalized spacial score (nSPS) is 16.7. The predicted molar refractivity (Wildman–Crippen MR) is 70.7 cm³/mol. The highest BCUT2D eigenvalue weighted by Gasteiger charge is 2.25. The van der Waals surface area contributed by atoms with Crippen LogP contribution in [-0.4, -0.2) is 54.4 Å². The molecule has 1 atom stereocenters. The summed E-state index contributed by atoms with van der Waals surface area (Å²) in [6.45, 7) is 3.76. The van der Waals surface area contributed by atoms with E-state index in [9.17, 15) is 14.0 Å². The zero-order chi connectivity index (χ0) is 14.5. The van der Waals surface area contributed by atoms with Crippen molar-refractivity contribution in [1.29, 1.82) is 0 Å². The van der Waals surface area contributed by atoms with Crippen LogP contribution in [0.4, 0.5) is 4.39 Å². The highest BCUT2D eigenvalue weighted by atomic mass is 19.1. The van der Waals surface area contributed by atoms with Crippen molar-refractivity contribution in [3.8, 4) is 5.75 Å². The van der Waals surface area contributed by atoms with Crippen molar-refractivity contribution in [3.63, 3.8) is 0 Å². The van der Waals surface area contributed by atoms with E-state index in [0.29, 0.717) is 31.9 Å². The molecular weight excluding hydrogens is 263 g/mol. The number of rotatable bonds is 4. The predicted octanol–water partition coefficient (Wildman–Crippen LogP) is 0.894. The number of ether oxygens (including phenoxy) is 1. The van der Waals surface area contributed by atoms with E-state index in [4.69, 9.17) is 4.74 Å². The van der Waals surface area contributed by atoms with Crippen molar-refractivity contribution < 1.29 is 18.7 Å². The lowest BCUT2D eigenvalue weighted by Gasteiger charge is -2.33. The maximum Gasteiger partial charge on any atom is 0.263 e. The summed E-state index contributed by atoms with van der Waals surface area (Å²) < 4.78 is 18.3. The summed E-state index contributed by atoms with van der Waals surface area (Å²) in [5, 5.41) is 0. The molecule has 1 aromatic rings. The van der Waals surface area contributed by atoms with Gasteiger partial charge < -0.3 is 14.5 Å². The SMILES string of the molecule is C[C@@H](Oc1ccc(F)cc1)C(=O)N1CCN(C=O)CC1. The molecule has 0 aliphatic carbocycles. The summed E-state index contributed by atoms with van der Waals surface area (Å²) in [5.41, 5.74) is 0. The van der Waals surface area contributed by atoms with E-state index in [-0.39, 0.29) is 11.7 Å². The van der Waals surface area contributed by atoms with Gasteiger partial charge in [-0.05, 0) is 31.2 Å². The number of benzene rings is 1. The molecule has 0 aromatic heterocycles. The molecule has 0 spiro atoms. The average Bonchev–Trinajstić information content (AvgIpc) is 2.49. The zero-order valence-corrected chi connectivity index (χ0v) is 11.3. The molecule has 0 radical (unpaired) electrons. The minimum absolute atomic E-state index is 0.125. The van der Waals surface area contributed by atoms with Gasteiger partial charge in [-0.15, -0.1) is 0 Å². The van der Waals surface area contributed by atoms with Crippen molar-refractivity contribution >= 4 is 12.3 Å². The summed E-state index contributed by atoms with van der Waals surface area (Å²) in [7, 11) is 0. The Bertz CT molecular complexity index is 470. The maximum atomic E-state index is 12.8. The summed E-state index contributed by atoms with van der Waals surface area (Å²) in [4.78, 5) is 26.1. The number of hydrogen-bond donors (Lipinski definition) is 0. The van der Waals surface area contributed by atoms with Gasteiger partial charge in [-0.2, -0.15) is 0 Å². The molecule has 1 aliphatic rings. The van der Waals surface area contributed by atoms with E-state index < -0.39 is 6.10 Å². The van der Waals surface area contributed by atoms with E-state index in [1.807, 2.05) is 0 Å². The largest absolute Gasteiger partial charge is 0.481 e. The molecule has 2 amide bonds. The molecule has 1 aliphatic heterocycles. The van der Waals surface area contributed by atoms with Gasteiger partial charge in [0.15, 0.2) is 6.10 Å². The van der Waals surface area contributed by atoms with Crippen LogP contribution in [-0.2, 0) is 9.59 Å². The lowest BCUT2D eigenvalue weighted by molar-refractivity contribution is -0.141. The van der Waals surface area contributed by atoms with Crippen LogP contribution in [0.3, 0.4) is 0 Å². The highest BCUT2D eigenvalue weighted by Crippen LogP contribution is 2.14. The summed E-state index contributed by atoms with van der Waals surface area (Å²) in [6, 6.07) is 5.55. The smallest absolute Gasteiger partial charge is 0.263 e. The minimum Gasteiger partial charge on any atom is -0.481 e. The van der Waals surface area contributed by atoms with Gasteiger partial charge in [-0.25, -0.2) is 4.39 Å². The van der Waals surface area contributed by atoms with Crippen LogP contribution in [0.5, 0.6) is 5.75 Å². The van der Waals surface area contributed by atoms with E-state index in [1.165, 1.54) is 24.3 Å². The Morgan fingerprint density at radius 1 is 1.25 bits per heavy atom. The van der Waals surface area contributed by atoms with E-state index in [2.05, 4.69) is 0 Å². The third kappa shape index (κ3) is 3.46. The van der Waals surface area contributed by atoms with Crippen molar-refractivity contribution in [3.05, 3.63) is 30.1 Å². The Balaban J connectivity index is 1.89. The second-order valence-corrected chi connectivity index (χ2v) is 4.68. The van der Waals surface area contributed by atoms with Gasteiger partial charge in [-0.1, -0.05) is 0 Å². The van der Waals surface area contributed by atoms with Crippen LogP contribution in [0.15, 0.2) is 24.3 Å². The van der Waals surface area contributed by atoms with E-state index >= 15 is 0 Å². The molecule has 5 nitrogen and oxygen atoms in total. The first-order valence-corrected chi connectivity index (χ1v) is 6.50. The fourth-order valence-electron chi connectivity index (χ4n) is 2.07. The van der Waals surface area contributed by atoms with E-state index in [0.717, 1.165) is 6.41 Å². The number of hydrogen-bond acceptors (Lipinski definition) is 3. The minimum atomic E-state index is -0.636. The third-order valence-corrected chi connectivity index (χ3v) is 3.25. The molecule has 0 bridgehead atoms. The van der Waals surface area contributed by atoms with Gasteiger partial charge in [-0.3, -0.25) is 9.59 Å². The van der Waals surface area contributed by atoms with Crippen LogP contribution >= 0.6 is 0 Å². The molecule has 108 valence electrons. The lowest BCUT2D eigenvalue weighted by atomic mass is 10.2. The molecule has 1 saturated heterocycles. The number of carbonyl (C=O) groups is 2. The monoisotopic (exact) mass is 280 g/mol. The molecule has 0 unspecified atom stereocenters. The molecule has 1 heterocycles. The first kappa shape index (κ1) is 14.3. The Labute approximate surface area is 116 Å². The van der Waals surface area contributed by atoms with Gasteiger partial charge in [0, 0.05) is 26.2 Å². The lowest BCUT2D eigenvalue weighted by Crippen LogP contribution is -2.51. The molecule has 6 heteroatoms. The number of carbonyl (C=O) groups excluding carboxylic acids is 2. The van der Waals surface area contributed by atoms with Crippen molar-refractivity contribution in [2.75, 3.05) is 26.2 Å². The third-order valence-electron chi connectivity index (χ3n) is 3.25. The van der Waals surface area contributed by atoms with Crippen LogP contribution < -0.4 is 4.74 Å². The first-order valence-electron chi connectivity index (χ1n) is 6.50. The number of halogens is 1. The van der Waals surface area contributed by atoms with Crippen LogP contribution in [0.25, 0.3) is 0 Å². The van der Waals surface area contributed by atoms with Gasteiger partial charge in [0.2, 0.25) is 6.41 Å². The molecule has 2 rings (SSSR count). The Morgan fingerprint density at radius 2 is 1.85 bits per heavy atom. The number of nitrogens with zero attached hydrogens (tertiary/aromatic N) is 2. The number of amides is 2. The topological polar surface area (TPSA) is 49.9 Å². The Morgan fingerprint density at radius 3 is 2.40 bits per heavy atom. The van der Waals surface area contributed by atoms with Gasteiger partial charge in [0.05, 0.1) is 0 Å². The maximum absolute atomic E-state index is 12.8. The molecule has 1 fully saturated rings. The van der Waals surface area contributed by atoms with Crippen LogP contribution in [0, 0.1) is 5.82 Å². The fourth-order valence-corrected chi connectivity index (χ4v) is 2.07. The second kappa shape index (κ2) is 6.36. The van der Waals surface area contributed by atoms with E-state index in [1.54, 1.807) is 16.7 Å². The standard InChI is InChI=1S/C14H17FN2O3/c1-11(20-13-4-2-12(15)3-5-13)14(19)17-8-6-16(10-18)7-9-17/h2-5,10-11H,6-9H2,1H3/t11-/m1/s1. The van der Waals surface area contributed by atoms with Crippen LogP contribution in [0.1, 0.15) is 6.92 Å². The fraction of sp³-hybridized carbons (Fsp3) is 0.429. The van der Waals surface area contributed by atoms with Gasteiger partial charge >= 0.3 is 0 Å². The summed E-state index contributed by atoms with van der Waals surface area (Å²) in [5.74, 6) is -0.0139. The molecule has 0 saturated carbocycles. The molecule has 0 N–H and O–H groups in total. The van der Waals surface area contributed by atoms with Gasteiger partial charge in [0.1, 0.15) is 11.6 Å². The summed E-state index contributed by atoms with van der Waals surface area (Å²) in [6.07, 6.45) is 0.156. The zero-order valence-electron chi connectivity index (χ0n) is 11.3. The highest BCUT2D eigenvalue weighted by molar-refractivity contribution is 5.81.